The van der Waals surface area contributed by atoms with Gasteiger partial charge >= 0.3 is 6.18 Å². The zero-order chi connectivity index (χ0) is 19.6. The molecule has 0 saturated heterocycles. The van der Waals surface area contributed by atoms with Gasteiger partial charge in [0.25, 0.3) is 0 Å². The number of tetrazole rings is 1. The SMILES string of the molecule is Cc1csc(C(C#N)C(=O)Cn2nnc(-c3cccc(C(F)(F)F)c3)n2)n1. The van der Waals surface area contributed by atoms with E-state index in [2.05, 4.69) is 20.4 Å². The number of halogens is 3. The number of Topliss-reactive ketones (excluding diaryl/α,β-unsaturated/α-hetero) is 1. The molecule has 0 N–H and O–H groups in total. The molecule has 0 aliphatic heterocycles. The standard InChI is InChI=1S/C16H11F3N6OS/c1-9-8-27-15(21-9)12(6-20)13(26)7-25-23-14(22-24-25)10-3-2-4-11(5-10)16(17,18)19/h2-5,8,12H,7H2,1H3. The summed E-state index contributed by atoms with van der Waals surface area (Å²) in [4.78, 5) is 17.4. The number of carbonyl (C=O) groups is 1. The fourth-order valence-corrected chi connectivity index (χ4v) is 3.12. The molecular weight excluding hydrogens is 381 g/mol. The highest BCUT2D eigenvalue weighted by Crippen LogP contribution is 2.31. The van der Waals surface area contributed by atoms with Crippen molar-refractivity contribution < 1.29 is 18.0 Å². The van der Waals surface area contributed by atoms with Gasteiger partial charge in [0.2, 0.25) is 5.82 Å². The van der Waals surface area contributed by atoms with Crippen LogP contribution in [0.5, 0.6) is 0 Å². The maximum absolute atomic E-state index is 12.8. The van der Waals surface area contributed by atoms with Crippen molar-refractivity contribution in [2.45, 2.75) is 25.6 Å². The highest BCUT2D eigenvalue weighted by Gasteiger charge is 2.31. The lowest BCUT2D eigenvalue weighted by atomic mass is 10.1. The number of hydrogen-bond donors (Lipinski definition) is 0. The first kappa shape index (κ1) is 18.7. The van der Waals surface area contributed by atoms with E-state index in [9.17, 15) is 23.2 Å². The smallest absolute Gasteiger partial charge is 0.296 e. The van der Waals surface area contributed by atoms with E-state index in [1.807, 2.05) is 6.07 Å². The van der Waals surface area contributed by atoms with Crippen molar-refractivity contribution in [2.75, 3.05) is 0 Å². The second-order valence-electron chi connectivity index (χ2n) is 5.58. The average Bonchev–Trinajstić information content (AvgIpc) is 3.24. The number of ketones is 1. The van der Waals surface area contributed by atoms with Crippen LogP contribution in [0.15, 0.2) is 29.6 Å². The Bertz CT molecular complexity index is 1020. The molecule has 0 saturated carbocycles. The molecule has 3 aromatic rings. The van der Waals surface area contributed by atoms with Crippen LogP contribution in [0.3, 0.4) is 0 Å². The van der Waals surface area contributed by atoms with Gasteiger partial charge < -0.3 is 0 Å². The van der Waals surface area contributed by atoms with Gasteiger partial charge in [-0.25, -0.2) is 4.98 Å². The Labute approximate surface area is 155 Å². The fourth-order valence-electron chi connectivity index (χ4n) is 2.26. The van der Waals surface area contributed by atoms with Crippen LogP contribution >= 0.6 is 11.3 Å². The molecule has 7 nitrogen and oxygen atoms in total. The van der Waals surface area contributed by atoms with E-state index in [0.29, 0.717) is 10.7 Å². The summed E-state index contributed by atoms with van der Waals surface area (Å²) in [5.41, 5.74) is -0.0132. The summed E-state index contributed by atoms with van der Waals surface area (Å²) in [6.45, 7) is 1.40. The number of rotatable bonds is 5. The monoisotopic (exact) mass is 392 g/mol. The van der Waals surface area contributed by atoms with E-state index in [1.165, 1.54) is 23.5 Å². The normalized spacial score (nSPS) is 12.6. The van der Waals surface area contributed by atoms with Crippen molar-refractivity contribution in [1.82, 2.24) is 25.2 Å². The van der Waals surface area contributed by atoms with Gasteiger partial charge in [0.15, 0.2) is 11.7 Å². The van der Waals surface area contributed by atoms with Gasteiger partial charge in [-0.2, -0.15) is 23.2 Å². The van der Waals surface area contributed by atoms with Gasteiger partial charge in [0, 0.05) is 16.6 Å². The van der Waals surface area contributed by atoms with Gasteiger partial charge in [0.05, 0.1) is 11.6 Å². The zero-order valence-corrected chi connectivity index (χ0v) is 14.6. The topological polar surface area (TPSA) is 97.3 Å². The summed E-state index contributed by atoms with van der Waals surface area (Å²) in [5.74, 6) is -1.60. The third-order valence-corrected chi connectivity index (χ3v) is 4.56. The third kappa shape index (κ3) is 4.17. The van der Waals surface area contributed by atoms with Crippen molar-refractivity contribution in [3.63, 3.8) is 0 Å². The molecule has 0 fully saturated rings. The molecule has 2 heterocycles. The van der Waals surface area contributed by atoms with E-state index in [0.717, 1.165) is 16.9 Å². The predicted octanol–water partition coefficient (Wildman–Crippen LogP) is 3.00. The first-order valence-electron chi connectivity index (χ1n) is 7.57. The lowest BCUT2D eigenvalue weighted by Gasteiger charge is -2.06. The fraction of sp³-hybridized carbons (Fsp3) is 0.250. The van der Waals surface area contributed by atoms with Crippen molar-refractivity contribution >= 4 is 17.1 Å². The maximum Gasteiger partial charge on any atom is 0.416 e. The van der Waals surface area contributed by atoms with Crippen molar-refractivity contribution in [3.05, 3.63) is 45.9 Å². The van der Waals surface area contributed by atoms with Crippen molar-refractivity contribution in [1.29, 1.82) is 5.26 Å². The van der Waals surface area contributed by atoms with Crippen LogP contribution < -0.4 is 0 Å². The second kappa shape index (κ2) is 7.24. The number of carbonyl (C=O) groups excluding carboxylic acids is 1. The molecule has 2 aromatic heterocycles. The molecule has 1 aromatic carbocycles. The highest BCUT2D eigenvalue weighted by molar-refractivity contribution is 7.09. The van der Waals surface area contributed by atoms with Crippen LogP contribution in [0, 0.1) is 18.3 Å². The Morgan fingerprint density at radius 1 is 1.41 bits per heavy atom. The summed E-state index contributed by atoms with van der Waals surface area (Å²) in [7, 11) is 0. The molecule has 138 valence electrons. The molecule has 0 spiro atoms. The number of aromatic nitrogens is 5. The molecular formula is C16H11F3N6OS. The predicted molar refractivity (Wildman–Crippen MR) is 88.5 cm³/mol. The van der Waals surface area contributed by atoms with E-state index >= 15 is 0 Å². The molecule has 0 bridgehead atoms. The largest absolute Gasteiger partial charge is 0.416 e. The molecule has 27 heavy (non-hydrogen) atoms. The van der Waals surface area contributed by atoms with E-state index in [4.69, 9.17) is 0 Å². The summed E-state index contributed by atoms with van der Waals surface area (Å²) in [6.07, 6.45) is -4.49. The molecule has 1 atom stereocenters. The molecule has 1 unspecified atom stereocenters. The van der Waals surface area contributed by atoms with E-state index in [1.54, 1.807) is 12.3 Å². The highest BCUT2D eigenvalue weighted by atomic mass is 32.1. The van der Waals surface area contributed by atoms with Crippen LogP contribution in [0.25, 0.3) is 11.4 Å². The number of hydrogen-bond acceptors (Lipinski definition) is 7. The van der Waals surface area contributed by atoms with Crippen LogP contribution in [0.4, 0.5) is 13.2 Å². The minimum Gasteiger partial charge on any atom is -0.296 e. The number of aryl methyl sites for hydroxylation is 1. The number of nitriles is 1. The quantitative estimate of drug-likeness (QED) is 0.662. The van der Waals surface area contributed by atoms with Crippen LogP contribution in [0.2, 0.25) is 0 Å². The maximum atomic E-state index is 12.8. The van der Waals surface area contributed by atoms with E-state index in [-0.39, 0.29) is 17.9 Å². The Balaban J connectivity index is 1.78. The Morgan fingerprint density at radius 3 is 2.81 bits per heavy atom. The average molecular weight is 392 g/mol. The number of thiazole rings is 1. The lowest BCUT2D eigenvalue weighted by molar-refractivity contribution is -0.137. The summed E-state index contributed by atoms with van der Waals surface area (Å²) >= 11 is 1.20. The zero-order valence-electron chi connectivity index (χ0n) is 13.8. The van der Waals surface area contributed by atoms with Gasteiger partial charge in [0.1, 0.15) is 11.6 Å². The van der Waals surface area contributed by atoms with Crippen LogP contribution in [-0.4, -0.2) is 31.0 Å². The molecule has 3 rings (SSSR count). The Hall–Kier alpha value is -3.13. The van der Waals surface area contributed by atoms with Gasteiger partial charge in [-0.1, -0.05) is 12.1 Å². The van der Waals surface area contributed by atoms with Crippen LogP contribution in [0.1, 0.15) is 22.2 Å². The van der Waals surface area contributed by atoms with Gasteiger partial charge in [-0.3, -0.25) is 4.79 Å². The van der Waals surface area contributed by atoms with Gasteiger partial charge in [-0.05, 0) is 24.3 Å². The second-order valence-corrected chi connectivity index (χ2v) is 6.47. The first-order valence-corrected chi connectivity index (χ1v) is 8.45. The minimum absolute atomic E-state index is 0.0486. The van der Waals surface area contributed by atoms with Crippen molar-refractivity contribution in [3.8, 4) is 17.5 Å². The molecule has 0 radical (unpaired) electrons. The first-order chi connectivity index (χ1) is 12.8. The summed E-state index contributed by atoms with van der Waals surface area (Å²) < 4.78 is 38.4. The number of benzene rings is 1. The number of alkyl halides is 3. The lowest BCUT2D eigenvalue weighted by Crippen LogP contribution is -2.19. The number of nitrogens with zero attached hydrogens (tertiary/aromatic N) is 6. The molecule has 0 aliphatic carbocycles. The molecule has 11 heteroatoms. The van der Waals surface area contributed by atoms with Gasteiger partial charge in [-0.15, -0.1) is 21.5 Å². The van der Waals surface area contributed by atoms with E-state index < -0.39 is 23.4 Å². The van der Waals surface area contributed by atoms with Crippen LogP contribution in [-0.2, 0) is 17.5 Å². The Morgan fingerprint density at radius 2 is 2.19 bits per heavy atom. The summed E-state index contributed by atoms with van der Waals surface area (Å²) in [5, 5.41) is 22.7. The molecule has 0 aliphatic rings. The van der Waals surface area contributed by atoms with Crippen molar-refractivity contribution in [2.24, 2.45) is 0 Å². The minimum atomic E-state index is -4.49. The Kier molecular flexibility index (Phi) is 5.00. The molecule has 0 amide bonds. The summed E-state index contributed by atoms with van der Waals surface area (Å²) in [6, 6.07) is 6.38. The third-order valence-electron chi connectivity index (χ3n) is 3.53.